The Balaban J connectivity index is 3.33. The minimum Gasteiger partial charge on any atom is -0.390 e. The van der Waals surface area contributed by atoms with Crippen LogP contribution in [0.25, 0.3) is 0 Å². The number of aldehydes is 1. The zero-order chi connectivity index (χ0) is 5.86. The van der Waals surface area contributed by atoms with Crippen LogP contribution in [0.1, 0.15) is 6.92 Å². The lowest BCUT2D eigenvalue weighted by Crippen LogP contribution is -2.23. The van der Waals surface area contributed by atoms with Gasteiger partial charge in [-0.3, -0.25) is 0 Å². The van der Waals surface area contributed by atoms with Crippen LogP contribution in [0.4, 0.5) is 0 Å². The molecule has 0 aromatic heterocycles. The zero-order valence-corrected chi connectivity index (χ0v) is 4.03. The summed E-state index contributed by atoms with van der Waals surface area (Å²) in [6, 6.07) is 0. The second-order valence-corrected chi connectivity index (χ2v) is 1.37. The second kappa shape index (κ2) is 2.71. The lowest BCUT2D eigenvalue weighted by Gasteiger charge is -2.02. The summed E-state index contributed by atoms with van der Waals surface area (Å²) in [5.41, 5.74) is 0. The average Bonchev–Trinajstić information content (AvgIpc) is 1.65. The predicted octanol–water partition coefficient (Wildman–Crippen LogP) is -1.07. The van der Waals surface area contributed by atoms with Crippen molar-refractivity contribution in [2.24, 2.45) is 0 Å². The van der Waals surface area contributed by atoms with Crippen LogP contribution in [-0.4, -0.2) is 28.7 Å². The first kappa shape index (κ1) is 6.59. The highest BCUT2D eigenvalue weighted by atomic mass is 16.3. The normalized spacial score (nSPS) is 18.1. The van der Waals surface area contributed by atoms with Crippen LogP contribution in [-0.2, 0) is 4.79 Å². The van der Waals surface area contributed by atoms with E-state index in [0.717, 1.165) is 0 Å². The summed E-state index contributed by atoms with van der Waals surface area (Å²) >= 11 is 0. The minimum absolute atomic E-state index is 0.296. The average molecular weight is 104 g/mol. The number of aliphatic hydroxyl groups is 2. The smallest absolute Gasteiger partial charge is 0.151 e. The number of carbonyl (C=O) groups excluding carboxylic acids is 1. The van der Waals surface area contributed by atoms with Gasteiger partial charge in [0.05, 0.1) is 6.10 Å². The zero-order valence-electron chi connectivity index (χ0n) is 4.03. The van der Waals surface area contributed by atoms with Crippen molar-refractivity contribution in [3.63, 3.8) is 0 Å². The molecule has 0 heterocycles. The van der Waals surface area contributed by atoms with Gasteiger partial charge < -0.3 is 15.0 Å². The number of carbonyl (C=O) groups is 1. The molecule has 0 aliphatic heterocycles. The molecule has 0 aromatic rings. The Morgan fingerprint density at radius 3 is 2.00 bits per heavy atom. The molecule has 0 fully saturated rings. The van der Waals surface area contributed by atoms with E-state index >= 15 is 0 Å². The van der Waals surface area contributed by atoms with E-state index in [0.29, 0.717) is 6.29 Å². The molecule has 0 bridgehead atoms. The molecule has 2 atom stereocenters. The van der Waals surface area contributed by atoms with Crippen molar-refractivity contribution in [1.82, 2.24) is 0 Å². The van der Waals surface area contributed by atoms with Crippen molar-refractivity contribution >= 4 is 6.29 Å². The maximum Gasteiger partial charge on any atom is 0.151 e. The van der Waals surface area contributed by atoms with E-state index in [4.69, 9.17) is 10.2 Å². The second-order valence-electron chi connectivity index (χ2n) is 1.37. The molecule has 7 heavy (non-hydrogen) atoms. The largest absolute Gasteiger partial charge is 0.390 e. The van der Waals surface area contributed by atoms with E-state index in [1.165, 1.54) is 6.92 Å². The van der Waals surface area contributed by atoms with Gasteiger partial charge in [0.25, 0.3) is 0 Å². The summed E-state index contributed by atoms with van der Waals surface area (Å²) in [7, 11) is 0. The third-order valence-electron chi connectivity index (χ3n) is 0.634. The van der Waals surface area contributed by atoms with Gasteiger partial charge in [-0.2, -0.15) is 0 Å². The molecule has 3 heteroatoms. The number of aliphatic hydroxyl groups excluding tert-OH is 2. The molecule has 3 nitrogen and oxygen atoms in total. The van der Waals surface area contributed by atoms with Crippen LogP contribution < -0.4 is 0 Å². The molecular formula is C4H8O3. The SMILES string of the molecule is CC(O)C(O)C=O. The first-order valence-electron chi connectivity index (χ1n) is 2.00. The molecule has 0 radical (unpaired) electrons. The topological polar surface area (TPSA) is 57.5 Å². The van der Waals surface area contributed by atoms with Gasteiger partial charge in [-0.15, -0.1) is 0 Å². The summed E-state index contributed by atoms with van der Waals surface area (Å²) in [6.45, 7) is 1.35. The van der Waals surface area contributed by atoms with E-state index < -0.39 is 12.2 Å². The van der Waals surface area contributed by atoms with Crippen molar-refractivity contribution in [2.45, 2.75) is 19.1 Å². The molecule has 0 aliphatic carbocycles. The van der Waals surface area contributed by atoms with Crippen LogP contribution in [0.3, 0.4) is 0 Å². The molecule has 0 rings (SSSR count). The molecule has 0 spiro atoms. The Morgan fingerprint density at radius 2 is 2.00 bits per heavy atom. The standard InChI is InChI=1S/C4H8O3/c1-3(6)4(7)2-5/h2-4,6-7H,1H3. The fraction of sp³-hybridized carbons (Fsp3) is 0.750. The van der Waals surface area contributed by atoms with Gasteiger partial charge >= 0.3 is 0 Å². The Bertz CT molecular complexity index is 60.0. The lowest BCUT2D eigenvalue weighted by atomic mass is 10.3. The maximum atomic E-state index is 9.54. The van der Waals surface area contributed by atoms with Gasteiger partial charge in [-0.1, -0.05) is 0 Å². The molecule has 0 aliphatic rings. The van der Waals surface area contributed by atoms with Crippen LogP contribution in [0, 0.1) is 0 Å². The third kappa shape index (κ3) is 2.31. The van der Waals surface area contributed by atoms with Gasteiger partial charge in [0, 0.05) is 0 Å². The Kier molecular flexibility index (Phi) is 2.55. The van der Waals surface area contributed by atoms with Gasteiger partial charge in [0.1, 0.15) is 6.10 Å². The van der Waals surface area contributed by atoms with E-state index in [-0.39, 0.29) is 0 Å². The fourth-order valence-corrected chi connectivity index (χ4v) is 0.114. The molecule has 0 amide bonds. The van der Waals surface area contributed by atoms with E-state index in [1.54, 1.807) is 0 Å². The maximum absolute atomic E-state index is 9.54. The number of rotatable bonds is 2. The monoisotopic (exact) mass is 104 g/mol. The van der Waals surface area contributed by atoms with Crippen LogP contribution in [0.15, 0.2) is 0 Å². The van der Waals surface area contributed by atoms with Crippen LogP contribution >= 0.6 is 0 Å². The lowest BCUT2D eigenvalue weighted by molar-refractivity contribution is -0.119. The summed E-state index contributed by atoms with van der Waals surface area (Å²) in [5.74, 6) is 0. The van der Waals surface area contributed by atoms with Gasteiger partial charge in [-0.25, -0.2) is 0 Å². The van der Waals surface area contributed by atoms with Crippen LogP contribution in [0.2, 0.25) is 0 Å². The molecule has 42 valence electrons. The Labute approximate surface area is 41.6 Å². The Hall–Kier alpha value is -0.410. The third-order valence-corrected chi connectivity index (χ3v) is 0.634. The van der Waals surface area contributed by atoms with E-state index in [9.17, 15) is 4.79 Å². The molecule has 0 aromatic carbocycles. The highest BCUT2D eigenvalue weighted by molar-refractivity contribution is 5.56. The molecular weight excluding hydrogens is 96.0 g/mol. The van der Waals surface area contributed by atoms with E-state index in [1.807, 2.05) is 0 Å². The Morgan fingerprint density at radius 1 is 1.57 bits per heavy atom. The van der Waals surface area contributed by atoms with Crippen molar-refractivity contribution in [2.75, 3.05) is 0 Å². The number of hydrogen-bond donors (Lipinski definition) is 2. The highest BCUT2D eigenvalue weighted by Crippen LogP contribution is 1.83. The van der Waals surface area contributed by atoms with Gasteiger partial charge in [-0.05, 0) is 6.92 Å². The summed E-state index contributed by atoms with van der Waals surface area (Å²) in [6.07, 6.45) is -1.87. The quantitative estimate of drug-likeness (QED) is 0.438. The van der Waals surface area contributed by atoms with Crippen molar-refractivity contribution in [3.05, 3.63) is 0 Å². The summed E-state index contributed by atoms with van der Waals surface area (Å²) < 4.78 is 0. The summed E-state index contributed by atoms with van der Waals surface area (Å²) in [4.78, 5) is 9.54. The van der Waals surface area contributed by atoms with Gasteiger partial charge in [0.2, 0.25) is 0 Å². The summed E-state index contributed by atoms with van der Waals surface area (Å²) in [5, 5.41) is 16.7. The molecule has 0 saturated heterocycles. The number of hydrogen-bond acceptors (Lipinski definition) is 3. The van der Waals surface area contributed by atoms with Crippen molar-refractivity contribution in [3.8, 4) is 0 Å². The highest BCUT2D eigenvalue weighted by Gasteiger charge is 2.06. The van der Waals surface area contributed by atoms with E-state index in [2.05, 4.69) is 0 Å². The minimum atomic E-state index is -1.22. The van der Waals surface area contributed by atoms with Crippen molar-refractivity contribution in [1.29, 1.82) is 0 Å². The molecule has 2 unspecified atom stereocenters. The van der Waals surface area contributed by atoms with Crippen molar-refractivity contribution < 1.29 is 15.0 Å². The molecule has 0 saturated carbocycles. The van der Waals surface area contributed by atoms with Crippen LogP contribution in [0.5, 0.6) is 0 Å². The first-order chi connectivity index (χ1) is 3.18. The molecule has 2 N–H and O–H groups in total. The first-order valence-corrected chi connectivity index (χ1v) is 2.00. The van der Waals surface area contributed by atoms with Gasteiger partial charge in [0.15, 0.2) is 6.29 Å². The fourth-order valence-electron chi connectivity index (χ4n) is 0.114. The predicted molar refractivity (Wildman–Crippen MR) is 23.8 cm³/mol.